The number of alkyl halides is 3. The van der Waals surface area contributed by atoms with Crippen LogP contribution in [0.3, 0.4) is 0 Å². The molecule has 184 valence electrons. The molecule has 1 heterocycles. The number of amides is 3. The molecule has 2 fully saturated rings. The van der Waals surface area contributed by atoms with Crippen LogP contribution in [-0.2, 0) is 19.2 Å². The fourth-order valence-corrected chi connectivity index (χ4v) is 4.36. The van der Waals surface area contributed by atoms with E-state index in [2.05, 4.69) is 17.4 Å². The Morgan fingerprint density at radius 3 is 2.38 bits per heavy atom. The van der Waals surface area contributed by atoms with E-state index in [0.29, 0.717) is 12.0 Å². The van der Waals surface area contributed by atoms with Gasteiger partial charge in [-0.3, -0.25) is 19.2 Å². The van der Waals surface area contributed by atoms with E-state index in [0.717, 1.165) is 35.5 Å². The highest BCUT2D eigenvalue weighted by molar-refractivity contribution is 6.42. The molecule has 1 unspecified atom stereocenters. The van der Waals surface area contributed by atoms with Gasteiger partial charge in [0.25, 0.3) is 5.91 Å². The molecule has 1 aliphatic carbocycles. The van der Waals surface area contributed by atoms with Crippen molar-refractivity contribution >= 4 is 23.5 Å². The van der Waals surface area contributed by atoms with Crippen molar-refractivity contribution in [1.82, 2.24) is 15.1 Å². The predicted octanol–water partition coefficient (Wildman–Crippen LogP) is 2.43. The smallest absolute Gasteiger partial charge is 0.353 e. The van der Waals surface area contributed by atoms with E-state index in [-0.39, 0.29) is 31.8 Å². The van der Waals surface area contributed by atoms with E-state index in [9.17, 15) is 32.3 Å². The molecule has 1 atom stereocenters. The second-order valence-corrected chi connectivity index (χ2v) is 8.77. The van der Waals surface area contributed by atoms with Crippen LogP contribution in [0.5, 0.6) is 0 Å². The van der Waals surface area contributed by atoms with E-state index in [1.165, 1.54) is 12.6 Å². The van der Waals surface area contributed by atoms with Gasteiger partial charge in [0.05, 0.1) is 0 Å². The Balaban J connectivity index is 1.46. The maximum Gasteiger partial charge on any atom is 0.409 e. The fourth-order valence-electron chi connectivity index (χ4n) is 4.36. The topological polar surface area (TPSA) is 86.8 Å². The van der Waals surface area contributed by atoms with E-state index < -0.39 is 35.6 Å². The number of rotatable bonds is 7. The number of allylic oxidation sites excluding steroid dienone is 1. The van der Waals surface area contributed by atoms with Crippen molar-refractivity contribution in [2.24, 2.45) is 5.92 Å². The summed E-state index contributed by atoms with van der Waals surface area (Å²) in [5, 5.41) is 2.90. The van der Waals surface area contributed by atoms with Crippen LogP contribution in [0.4, 0.5) is 13.2 Å². The van der Waals surface area contributed by atoms with E-state index in [1.807, 2.05) is 18.2 Å². The average Bonchev–Trinajstić information content (AvgIpc) is 3.10. The summed E-state index contributed by atoms with van der Waals surface area (Å²) in [4.78, 5) is 51.3. The van der Waals surface area contributed by atoms with Crippen LogP contribution in [0.25, 0.3) is 0 Å². The molecule has 0 aromatic heterocycles. The third-order valence-corrected chi connectivity index (χ3v) is 6.37. The van der Waals surface area contributed by atoms with E-state index in [1.54, 1.807) is 0 Å². The molecule has 10 heteroatoms. The Morgan fingerprint density at radius 1 is 1.12 bits per heavy atom. The summed E-state index contributed by atoms with van der Waals surface area (Å²) in [6.07, 6.45) is -0.965. The lowest BCUT2D eigenvalue weighted by molar-refractivity contribution is -0.142. The highest BCUT2D eigenvalue weighted by Crippen LogP contribution is 2.33. The molecular formula is C24H28F3N3O4. The van der Waals surface area contributed by atoms with Crippen molar-refractivity contribution in [3.63, 3.8) is 0 Å². The minimum Gasteiger partial charge on any atom is -0.353 e. The number of carbonyl (C=O) groups is 4. The van der Waals surface area contributed by atoms with Gasteiger partial charge in [0.1, 0.15) is 5.92 Å². The fraction of sp³-hybridized carbons (Fsp3) is 0.500. The number of likely N-dealkylation sites (N-methyl/N-ethyl adjacent to an activating group) is 1. The molecule has 0 spiro atoms. The molecule has 0 bridgehead atoms. The summed E-state index contributed by atoms with van der Waals surface area (Å²) in [6, 6.07) is 10.1. The number of likely N-dealkylation sites (tertiary alicyclic amines) is 1. The standard InChI is InChI=1S/C24H28F3N3O4/c1-29(20(31)11-12-24(25,26)27)13-14-30-15-19(21(32)23(30)34)22(33)28-18-9-7-17(8-10-18)16-5-3-2-4-6-16/h2-6,11-12,17-19H,7-10,13-15H2,1H3,(H,28,33). The third-order valence-electron chi connectivity index (χ3n) is 6.37. The quantitative estimate of drug-likeness (QED) is 0.370. The predicted molar refractivity (Wildman–Crippen MR) is 117 cm³/mol. The lowest BCUT2D eigenvalue weighted by Gasteiger charge is -2.30. The number of carbonyl (C=O) groups excluding carboxylic acids is 4. The summed E-state index contributed by atoms with van der Waals surface area (Å²) in [6.45, 7) is -0.236. The lowest BCUT2D eigenvalue weighted by Crippen LogP contribution is -2.43. The molecule has 0 radical (unpaired) electrons. The number of hydrogen-bond acceptors (Lipinski definition) is 4. The molecule has 1 aromatic rings. The molecule has 3 rings (SSSR count). The molecule has 1 aliphatic heterocycles. The van der Waals surface area contributed by atoms with Crippen molar-refractivity contribution in [2.45, 2.75) is 43.8 Å². The van der Waals surface area contributed by atoms with Crippen LogP contribution in [0.15, 0.2) is 42.5 Å². The Hall–Kier alpha value is -3.17. The Labute approximate surface area is 196 Å². The third kappa shape index (κ3) is 6.68. The minimum absolute atomic E-state index is 0.0569. The molecule has 2 aliphatic rings. The molecule has 7 nitrogen and oxygen atoms in total. The summed E-state index contributed by atoms with van der Waals surface area (Å²) in [7, 11) is 1.29. The van der Waals surface area contributed by atoms with Gasteiger partial charge in [-0.2, -0.15) is 13.2 Å². The highest BCUT2D eigenvalue weighted by Gasteiger charge is 2.43. The largest absolute Gasteiger partial charge is 0.409 e. The number of hydrogen-bond donors (Lipinski definition) is 1. The van der Waals surface area contributed by atoms with E-state index >= 15 is 0 Å². The number of nitrogens with one attached hydrogen (secondary N) is 1. The average molecular weight is 479 g/mol. The van der Waals surface area contributed by atoms with Crippen LogP contribution in [0.2, 0.25) is 0 Å². The van der Waals surface area contributed by atoms with Gasteiger partial charge in [-0.05, 0) is 37.2 Å². The van der Waals surface area contributed by atoms with Gasteiger partial charge < -0.3 is 15.1 Å². The van der Waals surface area contributed by atoms with Gasteiger partial charge in [0, 0.05) is 44.9 Å². The number of nitrogens with zero attached hydrogens (tertiary/aromatic N) is 2. The van der Waals surface area contributed by atoms with Gasteiger partial charge in [-0.25, -0.2) is 0 Å². The van der Waals surface area contributed by atoms with Gasteiger partial charge in [-0.1, -0.05) is 30.3 Å². The summed E-state index contributed by atoms with van der Waals surface area (Å²) in [5.41, 5.74) is 1.27. The summed E-state index contributed by atoms with van der Waals surface area (Å²) in [5.74, 6) is -3.67. The minimum atomic E-state index is -4.60. The number of ketones is 1. The lowest BCUT2D eigenvalue weighted by atomic mass is 9.81. The number of Topliss-reactive ketones (excluding diaryl/α,β-unsaturated/α-hetero) is 1. The molecule has 34 heavy (non-hydrogen) atoms. The molecule has 1 aromatic carbocycles. The number of halogens is 3. The maximum absolute atomic E-state index is 12.7. The van der Waals surface area contributed by atoms with Crippen LogP contribution >= 0.6 is 0 Å². The first-order valence-electron chi connectivity index (χ1n) is 11.2. The molecule has 1 N–H and O–H groups in total. The summed E-state index contributed by atoms with van der Waals surface area (Å²) >= 11 is 0. The number of benzene rings is 1. The van der Waals surface area contributed by atoms with Crippen LogP contribution in [0.1, 0.15) is 37.2 Å². The normalized spacial score (nSPS) is 23.4. The highest BCUT2D eigenvalue weighted by atomic mass is 19.4. The van der Waals surface area contributed by atoms with Crippen LogP contribution in [0, 0.1) is 5.92 Å². The second-order valence-electron chi connectivity index (χ2n) is 8.77. The SMILES string of the molecule is CN(CCN1CC(C(=O)NC2CCC(c3ccccc3)CC2)C(=O)C1=O)C(=O)C=CC(F)(F)F. The van der Waals surface area contributed by atoms with Crippen molar-refractivity contribution in [3.8, 4) is 0 Å². The first-order chi connectivity index (χ1) is 16.0. The second kappa shape index (κ2) is 10.8. The van der Waals surface area contributed by atoms with Crippen LogP contribution in [-0.4, -0.2) is 72.2 Å². The Morgan fingerprint density at radius 2 is 1.76 bits per heavy atom. The zero-order valence-electron chi connectivity index (χ0n) is 18.9. The maximum atomic E-state index is 12.7. The van der Waals surface area contributed by atoms with Gasteiger partial charge in [0.2, 0.25) is 17.6 Å². The summed E-state index contributed by atoms with van der Waals surface area (Å²) < 4.78 is 36.6. The first-order valence-corrected chi connectivity index (χ1v) is 11.2. The van der Waals surface area contributed by atoms with Gasteiger partial charge >= 0.3 is 6.18 Å². The van der Waals surface area contributed by atoms with Crippen molar-refractivity contribution in [2.75, 3.05) is 26.7 Å². The zero-order valence-corrected chi connectivity index (χ0v) is 18.9. The Bertz CT molecular complexity index is 941. The molecular weight excluding hydrogens is 451 g/mol. The van der Waals surface area contributed by atoms with Gasteiger partial charge in [-0.15, -0.1) is 0 Å². The zero-order chi connectivity index (χ0) is 24.9. The van der Waals surface area contributed by atoms with E-state index in [4.69, 9.17) is 0 Å². The van der Waals surface area contributed by atoms with Crippen molar-refractivity contribution < 1.29 is 32.3 Å². The van der Waals surface area contributed by atoms with Gasteiger partial charge in [0.15, 0.2) is 0 Å². The monoisotopic (exact) mass is 479 g/mol. The Kier molecular flexibility index (Phi) is 8.11. The van der Waals surface area contributed by atoms with Crippen molar-refractivity contribution in [1.29, 1.82) is 0 Å². The molecule has 1 saturated carbocycles. The molecule has 1 saturated heterocycles. The molecule has 3 amide bonds. The first kappa shape index (κ1) is 25.5. The van der Waals surface area contributed by atoms with Crippen molar-refractivity contribution in [3.05, 3.63) is 48.0 Å². The van der Waals surface area contributed by atoms with Crippen LogP contribution < -0.4 is 5.32 Å².